The number of carbonyl (C=O) groups is 1. The zero-order valence-corrected chi connectivity index (χ0v) is 11.1. The van der Waals surface area contributed by atoms with Crippen LogP contribution < -0.4 is 11.1 Å². The summed E-state index contributed by atoms with van der Waals surface area (Å²) in [5.41, 5.74) is 5.72. The molecule has 0 aromatic carbocycles. The van der Waals surface area contributed by atoms with Crippen molar-refractivity contribution in [2.45, 2.75) is 59.3 Å². The van der Waals surface area contributed by atoms with E-state index in [2.05, 4.69) is 26.1 Å². The van der Waals surface area contributed by atoms with Gasteiger partial charge in [-0.3, -0.25) is 4.79 Å². The van der Waals surface area contributed by atoms with Gasteiger partial charge in [-0.25, -0.2) is 0 Å². The number of nitrogens with one attached hydrogen (secondary N) is 1. The quantitative estimate of drug-likeness (QED) is 0.596. The predicted molar refractivity (Wildman–Crippen MR) is 69.2 cm³/mol. The van der Waals surface area contributed by atoms with E-state index in [-0.39, 0.29) is 11.3 Å². The molecular formula is C13H28N2O. The Labute approximate surface area is 100 Å². The van der Waals surface area contributed by atoms with Gasteiger partial charge in [0.2, 0.25) is 5.91 Å². The van der Waals surface area contributed by atoms with Gasteiger partial charge in [0.1, 0.15) is 0 Å². The van der Waals surface area contributed by atoms with Gasteiger partial charge in [-0.1, -0.05) is 33.6 Å². The minimum absolute atomic E-state index is 0.182. The molecule has 0 aliphatic heterocycles. The molecule has 3 nitrogen and oxygen atoms in total. The van der Waals surface area contributed by atoms with Crippen LogP contribution in [0.15, 0.2) is 0 Å². The van der Waals surface area contributed by atoms with Crippen LogP contribution in [0.25, 0.3) is 0 Å². The second-order valence-electron chi connectivity index (χ2n) is 5.26. The normalized spacial score (nSPS) is 11.5. The third-order valence-corrected chi connectivity index (χ3v) is 2.95. The number of unbranched alkanes of at least 4 members (excludes halogenated alkanes) is 2. The van der Waals surface area contributed by atoms with E-state index in [1.807, 2.05) is 0 Å². The second-order valence-corrected chi connectivity index (χ2v) is 5.26. The van der Waals surface area contributed by atoms with E-state index in [0.29, 0.717) is 13.0 Å². The Balaban J connectivity index is 3.56. The fourth-order valence-electron chi connectivity index (χ4n) is 1.66. The van der Waals surface area contributed by atoms with E-state index in [4.69, 9.17) is 5.73 Å². The molecule has 96 valence electrons. The molecule has 3 heteroatoms. The van der Waals surface area contributed by atoms with Crippen LogP contribution in [-0.4, -0.2) is 19.0 Å². The lowest BCUT2D eigenvalue weighted by molar-refractivity contribution is -0.121. The highest BCUT2D eigenvalue weighted by Crippen LogP contribution is 2.25. The highest BCUT2D eigenvalue weighted by molar-refractivity contribution is 5.75. The highest BCUT2D eigenvalue weighted by atomic mass is 16.1. The number of rotatable bonds is 9. The van der Waals surface area contributed by atoms with Gasteiger partial charge in [-0.2, -0.15) is 0 Å². The lowest BCUT2D eigenvalue weighted by Gasteiger charge is -2.23. The summed E-state index contributed by atoms with van der Waals surface area (Å²) in [6.07, 6.45) is 6.01. The Kier molecular flexibility index (Phi) is 8.26. The summed E-state index contributed by atoms with van der Waals surface area (Å²) in [7, 11) is 0. The van der Waals surface area contributed by atoms with Crippen LogP contribution >= 0.6 is 0 Å². The molecule has 0 aromatic heterocycles. The monoisotopic (exact) mass is 228 g/mol. The molecule has 0 aliphatic rings. The largest absolute Gasteiger partial charge is 0.356 e. The van der Waals surface area contributed by atoms with Crippen molar-refractivity contribution in [1.29, 1.82) is 0 Å². The Morgan fingerprint density at radius 2 is 1.94 bits per heavy atom. The topological polar surface area (TPSA) is 55.1 Å². The van der Waals surface area contributed by atoms with E-state index in [1.165, 1.54) is 12.8 Å². The average molecular weight is 228 g/mol. The first-order valence-corrected chi connectivity index (χ1v) is 6.48. The molecule has 0 radical (unpaired) electrons. The Bertz CT molecular complexity index is 190. The smallest absolute Gasteiger partial charge is 0.220 e. The third-order valence-electron chi connectivity index (χ3n) is 2.95. The maximum absolute atomic E-state index is 11.5. The maximum Gasteiger partial charge on any atom is 0.220 e. The zero-order valence-electron chi connectivity index (χ0n) is 11.1. The fourth-order valence-corrected chi connectivity index (χ4v) is 1.66. The minimum atomic E-state index is 0.182. The number of hydrogen-bond acceptors (Lipinski definition) is 2. The number of hydrogen-bond donors (Lipinski definition) is 2. The van der Waals surface area contributed by atoms with Crippen molar-refractivity contribution < 1.29 is 4.79 Å². The SMILES string of the molecule is CCCCCNC(=O)CCC(C)(C)CCN. The molecule has 0 saturated heterocycles. The molecule has 0 bridgehead atoms. The first kappa shape index (κ1) is 15.4. The molecule has 0 heterocycles. The molecule has 0 rings (SSSR count). The van der Waals surface area contributed by atoms with Gasteiger partial charge in [-0.05, 0) is 31.2 Å². The van der Waals surface area contributed by atoms with E-state index in [1.54, 1.807) is 0 Å². The summed E-state index contributed by atoms with van der Waals surface area (Å²) in [4.78, 5) is 11.5. The van der Waals surface area contributed by atoms with Crippen LogP contribution in [0.2, 0.25) is 0 Å². The van der Waals surface area contributed by atoms with Gasteiger partial charge in [-0.15, -0.1) is 0 Å². The Morgan fingerprint density at radius 3 is 2.50 bits per heavy atom. The van der Waals surface area contributed by atoms with E-state index < -0.39 is 0 Å². The molecule has 16 heavy (non-hydrogen) atoms. The van der Waals surface area contributed by atoms with Gasteiger partial charge >= 0.3 is 0 Å². The van der Waals surface area contributed by atoms with Crippen molar-refractivity contribution in [3.05, 3.63) is 0 Å². The van der Waals surface area contributed by atoms with Crippen molar-refractivity contribution >= 4 is 5.91 Å². The molecule has 0 atom stereocenters. The first-order chi connectivity index (χ1) is 7.52. The molecule has 0 unspecified atom stereocenters. The highest BCUT2D eigenvalue weighted by Gasteiger charge is 2.17. The van der Waals surface area contributed by atoms with Crippen LogP contribution in [0.4, 0.5) is 0 Å². The summed E-state index contributed by atoms with van der Waals surface area (Å²) in [5, 5.41) is 2.96. The van der Waals surface area contributed by atoms with Gasteiger partial charge < -0.3 is 11.1 Å². The molecule has 1 amide bonds. The lowest BCUT2D eigenvalue weighted by atomic mass is 9.84. The summed E-state index contributed by atoms with van der Waals surface area (Å²) in [6, 6.07) is 0. The van der Waals surface area contributed by atoms with E-state index >= 15 is 0 Å². The van der Waals surface area contributed by atoms with Crippen molar-refractivity contribution in [2.24, 2.45) is 11.1 Å². The van der Waals surface area contributed by atoms with Crippen LogP contribution in [0.3, 0.4) is 0 Å². The molecule has 0 spiro atoms. The molecular weight excluding hydrogens is 200 g/mol. The van der Waals surface area contributed by atoms with E-state index in [9.17, 15) is 4.79 Å². The fraction of sp³-hybridized carbons (Fsp3) is 0.923. The van der Waals surface area contributed by atoms with Crippen LogP contribution in [0, 0.1) is 5.41 Å². The van der Waals surface area contributed by atoms with Crippen LogP contribution in [-0.2, 0) is 4.79 Å². The summed E-state index contributed by atoms with van der Waals surface area (Å²) in [5.74, 6) is 0.182. The predicted octanol–water partition coefficient (Wildman–Crippen LogP) is 2.45. The summed E-state index contributed by atoms with van der Waals surface area (Å²) >= 11 is 0. The van der Waals surface area contributed by atoms with Crippen molar-refractivity contribution in [3.63, 3.8) is 0 Å². The number of carbonyl (C=O) groups excluding carboxylic acids is 1. The number of amides is 1. The first-order valence-electron chi connectivity index (χ1n) is 6.48. The number of nitrogens with two attached hydrogens (primary N) is 1. The van der Waals surface area contributed by atoms with E-state index in [0.717, 1.165) is 25.8 Å². The van der Waals surface area contributed by atoms with Gasteiger partial charge in [0, 0.05) is 13.0 Å². The molecule has 0 aromatic rings. The Hall–Kier alpha value is -0.570. The van der Waals surface area contributed by atoms with Crippen LogP contribution in [0.5, 0.6) is 0 Å². The molecule has 0 saturated carbocycles. The standard InChI is InChI=1S/C13H28N2O/c1-4-5-6-11-15-12(16)7-8-13(2,3)9-10-14/h4-11,14H2,1-3H3,(H,15,16). The van der Waals surface area contributed by atoms with Gasteiger partial charge in [0.15, 0.2) is 0 Å². The Morgan fingerprint density at radius 1 is 1.25 bits per heavy atom. The minimum Gasteiger partial charge on any atom is -0.356 e. The van der Waals surface area contributed by atoms with Gasteiger partial charge in [0.05, 0.1) is 0 Å². The lowest BCUT2D eigenvalue weighted by Crippen LogP contribution is -2.26. The molecule has 3 N–H and O–H groups in total. The van der Waals surface area contributed by atoms with Crippen LogP contribution in [0.1, 0.15) is 59.3 Å². The van der Waals surface area contributed by atoms with Crippen molar-refractivity contribution in [3.8, 4) is 0 Å². The van der Waals surface area contributed by atoms with Gasteiger partial charge in [0.25, 0.3) is 0 Å². The van der Waals surface area contributed by atoms with Crippen molar-refractivity contribution in [1.82, 2.24) is 5.32 Å². The van der Waals surface area contributed by atoms with Crippen molar-refractivity contribution in [2.75, 3.05) is 13.1 Å². The summed E-state index contributed by atoms with van der Waals surface area (Å²) < 4.78 is 0. The summed E-state index contributed by atoms with van der Waals surface area (Å²) in [6.45, 7) is 8.03. The zero-order chi connectivity index (χ0) is 12.4. The molecule has 0 fully saturated rings. The molecule has 0 aliphatic carbocycles. The maximum atomic E-state index is 11.5. The average Bonchev–Trinajstić information content (AvgIpc) is 2.22. The third kappa shape index (κ3) is 8.72. The second kappa shape index (κ2) is 8.57.